The lowest BCUT2D eigenvalue weighted by atomic mass is 9.95. The van der Waals surface area contributed by atoms with E-state index in [4.69, 9.17) is 4.74 Å². The highest BCUT2D eigenvalue weighted by Crippen LogP contribution is 2.30. The van der Waals surface area contributed by atoms with Crippen molar-refractivity contribution in [3.05, 3.63) is 35.2 Å². The van der Waals surface area contributed by atoms with Gasteiger partial charge in [-0.05, 0) is 37.3 Å². The van der Waals surface area contributed by atoms with Gasteiger partial charge < -0.3 is 9.14 Å². The van der Waals surface area contributed by atoms with Gasteiger partial charge in [-0.2, -0.15) is 0 Å². The van der Waals surface area contributed by atoms with E-state index in [1.807, 2.05) is 18.3 Å². The maximum absolute atomic E-state index is 11.3. The van der Waals surface area contributed by atoms with Crippen molar-refractivity contribution in [3.8, 4) is 5.75 Å². The minimum Gasteiger partial charge on any atom is -0.497 e. The average molecular weight is 229 g/mol. The standard InChI is InChI=1S/C14H15NO2/c1-17-10-6-7-15-13-5-3-2-4-11(13)12(9-16)14(15)8-10/h6-9H,2-5H2,1H3. The Labute approximate surface area is 100 Å². The van der Waals surface area contributed by atoms with Gasteiger partial charge in [0, 0.05) is 23.5 Å². The predicted molar refractivity (Wildman–Crippen MR) is 66.0 cm³/mol. The molecule has 88 valence electrons. The SMILES string of the molecule is COc1ccn2c3c(c(C=O)c2c1)CCCC3. The third-order valence-electron chi connectivity index (χ3n) is 3.61. The highest BCUT2D eigenvalue weighted by atomic mass is 16.5. The first-order valence-electron chi connectivity index (χ1n) is 6.00. The zero-order valence-electron chi connectivity index (χ0n) is 9.90. The lowest BCUT2D eigenvalue weighted by molar-refractivity contribution is 0.112. The van der Waals surface area contributed by atoms with E-state index in [9.17, 15) is 4.79 Å². The first-order valence-corrected chi connectivity index (χ1v) is 6.00. The molecule has 1 aliphatic carbocycles. The lowest BCUT2D eigenvalue weighted by Crippen LogP contribution is -2.03. The summed E-state index contributed by atoms with van der Waals surface area (Å²) in [5.74, 6) is 0.801. The second kappa shape index (κ2) is 3.91. The van der Waals surface area contributed by atoms with Crippen molar-refractivity contribution in [2.45, 2.75) is 25.7 Å². The van der Waals surface area contributed by atoms with Crippen molar-refractivity contribution in [1.29, 1.82) is 0 Å². The molecule has 0 unspecified atom stereocenters. The molecule has 0 aromatic carbocycles. The summed E-state index contributed by atoms with van der Waals surface area (Å²) >= 11 is 0. The van der Waals surface area contributed by atoms with Gasteiger partial charge >= 0.3 is 0 Å². The van der Waals surface area contributed by atoms with Crippen LogP contribution in [0.2, 0.25) is 0 Å². The van der Waals surface area contributed by atoms with Gasteiger partial charge in [0.05, 0.1) is 12.6 Å². The number of carbonyl (C=O) groups is 1. The molecule has 0 atom stereocenters. The largest absolute Gasteiger partial charge is 0.497 e. The maximum atomic E-state index is 11.3. The van der Waals surface area contributed by atoms with E-state index in [0.29, 0.717) is 0 Å². The molecule has 0 saturated heterocycles. The molecule has 0 spiro atoms. The Balaban J connectivity index is 2.34. The molecule has 0 N–H and O–H groups in total. The fourth-order valence-corrected chi connectivity index (χ4v) is 2.78. The molecule has 3 nitrogen and oxygen atoms in total. The summed E-state index contributed by atoms with van der Waals surface area (Å²) in [6.45, 7) is 0. The van der Waals surface area contributed by atoms with Crippen LogP contribution in [0.1, 0.15) is 34.5 Å². The van der Waals surface area contributed by atoms with Gasteiger partial charge in [-0.3, -0.25) is 4.79 Å². The van der Waals surface area contributed by atoms with Crippen LogP contribution in [-0.4, -0.2) is 17.8 Å². The van der Waals surface area contributed by atoms with Crippen LogP contribution in [0.15, 0.2) is 18.3 Å². The number of aryl methyl sites for hydroxylation is 1. The monoisotopic (exact) mass is 229 g/mol. The van der Waals surface area contributed by atoms with E-state index in [1.165, 1.54) is 24.1 Å². The minimum atomic E-state index is 0.801. The van der Waals surface area contributed by atoms with Crippen LogP contribution in [0.3, 0.4) is 0 Å². The number of carbonyl (C=O) groups excluding carboxylic acids is 1. The third-order valence-corrected chi connectivity index (χ3v) is 3.61. The normalized spacial score (nSPS) is 14.6. The summed E-state index contributed by atoms with van der Waals surface area (Å²) in [5.41, 5.74) is 4.36. The molecule has 17 heavy (non-hydrogen) atoms. The van der Waals surface area contributed by atoms with Crippen molar-refractivity contribution in [2.75, 3.05) is 7.11 Å². The van der Waals surface area contributed by atoms with Gasteiger partial charge in [-0.25, -0.2) is 0 Å². The molecule has 0 bridgehead atoms. The number of hydrogen-bond acceptors (Lipinski definition) is 2. The van der Waals surface area contributed by atoms with Gasteiger partial charge in [-0.15, -0.1) is 0 Å². The smallest absolute Gasteiger partial charge is 0.152 e. The number of fused-ring (bicyclic) bond motifs is 3. The Morgan fingerprint density at radius 1 is 1.35 bits per heavy atom. The van der Waals surface area contributed by atoms with Crippen LogP contribution in [-0.2, 0) is 12.8 Å². The number of aromatic nitrogens is 1. The number of hydrogen-bond donors (Lipinski definition) is 0. The van der Waals surface area contributed by atoms with E-state index in [1.54, 1.807) is 7.11 Å². The number of methoxy groups -OCH3 is 1. The molecule has 0 saturated carbocycles. The summed E-state index contributed by atoms with van der Waals surface area (Å²) in [6, 6.07) is 3.89. The van der Waals surface area contributed by atoms with Crippen molar-refractivity contribution in [1.82, 2.24) is 4.40 Å². The van der Waals surface area contributed by atoms with Gasteiger partial charge in [0.15, 0.2) is 6.29 Å². The zero-order valence-corrected chi connectivity index (χ0v) is 9.90. The van der Waals surface area contributed by atoms with Crippen LogP contribution in [0, 0.1) is 0 Å². The second-order valence-corrected chi connectivity index (χ2v) is 4.49. The Hall–Kier alpha value is -1.77. The number of aldehydes is 1. The van der Waals surface area contributed by atoms with Crippen molar-refractivity contribution >= 4 is 11.8 Å². The van der Waals surface area contributed by atoms with Gasteiger partial charge in [-0.1, -0.05) is 0 Å². The van der Waals surface area contributed by atoms with Crippen molar-refractivity contribution in [3.63, 3.8) is 0 Å². The van der Waals surface area contributed by atoms with Crippen molar-refractivity contribution < 1.29 is 9.53 Å². The summed E-state index contributed by atoms with van der Waals surface area (Å²) in [5, 5.41) is 0. The van der Waals surface area contributed by atoms with Gasteiger partial charge in [0.1, 0.15) is 5.75 Å². The van der Waals surface area contributed by atoms with Gasteiger partial charge in [0.2, 0.25) is 0 Å². The van der Waals surface area contributed by atoms with Crippen LogP contribution in [0.4, 0.5) is 0 Å². The molecule has 2 aromatic heterocycles. The fraction of sp³-hybridized carbons (Fsp3) is 0.357. The first kappa shape index (κ1) is 10.4. The highest BCUT2D eigenvalue weighted by Gasteiger charge is 2.20. The van der Waals surface area contributed by atoms with Crippen LogP contribution in [0.5, 0.6) is 5.75 Å². The molecular weight excluding hydrogens is 214 g/mol. The van der Waals surface area contributed by atoms with Crippen LogP contribution < -0.4 is 4.74 Å². The fourth-order valence-electron chi connectivity index (χ4n) is 2.78. The highest BCUT2D eigenvalue weighted by molar-refractivity contribution is 5.90. The maximum Gasteiger partial charge on any atom is 0.152 e. The third kappa shape index (κ3) is 1.46. The number of rotatable bonds is 2. The molecule has 0 radical (unpaired) electrons. The summed E-state index contributed by atoms with van der Waals surface area (Å²) in [7, 11) is 1.65. The zero-order chi connectivity index (χ0) is 11.8. The lowest BCUT2D eigenvalue weighted by Gasteiger charge is -2.12. The van der Waals surface area contributed by atoms with E-state index in [2.05, 4.69) is 4.40 Å². The molecular formula is C14H15NO2. The first-order chi connectivity index (χ1) is 8.35. The Morgan fingerprint density at radius 2 is 2.18 bits per heavy atom. The average Bonchev–Trinajstić information content (AvgIpc) is 2.71. The van der Waals surface area contributed by atoms with Crippen LogP contribution >= 0.6 is 0 Å². The van der Waals surface area contributed by atoms with E-state index in [-0.39, 0.29) is 0 Å². The topological polar surface area (TPSA) is 30.7 Å². The van der Waals surface area contributed by atoms with Crippen LogP contribution in [0.25, 0.3) is 5.52 Å². The predicted octanol–water partition coefficient (Wildman–Crippen LogP) is 2.64. The summed E-state index contributed by atoms with van der Waals surface area (Å²) in [6.07, 6.45) is 7.47. The minimum absolute atomic E-state index is 0.801. The summed E-state index contributed by atoms with van der Waals surface area (Å²) in [4.78, 5) is 11.3. The molecule has 0 fully saturated rings. The number of pyridine rings is 1. The van der Waals surface area contributed by atoms with Gasteiger partial charge in [0.25, 0.3) is 0 Å². The van der Waals surface area contributed by atoms with E-state index >= 15 is 0 Å². The molecule has 0 aliphatic heterocycles. The van der Waals surface area contributed by atoms with E-state index < -0.39 is 0 Å². The summed E-state index contributed by atoms with van der Waals surface area (Å²) < 4.78 is 7.36. The quantitative estimate of drug-likeness (QED) is 0.741. The number of ether oxygens (including phenoxy) is 1. The molecule has 2 heterocycles. The van der Waals surface area contributed by atoms with E-state index in [0.717, 1.165) is 36.0 Å². The number of nitrogens with zero attached hydrogens (tertiary/aromatic N) is 1. The molecule has 0 amide bonds. The Morgan fingerprint density at radius 3 is 2.94 bits per heavy atom. The Kier molecular flexibility index (Phi) is 2.39. The molecule has 3 rings (SSSR count). The van der Waals surface area contributed by atoms with Crippen molar-refractivity contribution in [2.24, 2.45) is 0 Å². The Bertz CT molecular complexity index is 583. The molecule has 2 aromatic rings. The molecule has 1 aliphatic rings. The second-order valence-electron chi connectivity index (χ2n) is 4.49. The molecule has 3 heteroatoms.